The molecule has 2 heterocycles. The van der Waals surface area contributed by atoms with Crippen molar-refractivity contribution in [3.05, 3.63) is 74.5 Å². The number of carbonyl (C=O) groups excluding carboxylic acids is 2. The zero-order chi connectivity index (χ0) is 22.1. The van der Waals surface area contributed by atoms with Gasteiger partial charge in [-0.1, -0.05) is 23.7 Å². The third-order valence-corrected chi connectivity index (χ3v) is 5.08. The van der Waals surface area contributed by atoms with Crippen LogP contribution in [0, 0.1) is 13.8 Å². The third kappa shape index (κ3) is 4.59. The maximum atomic E-state index is 13.0. The predicted molar refractivity (Wildman–Crippen MR) is 120 cm³/mol. The van der Waals surface area contributed by atoms with E-state index in [1.54, 1.807) is 24.3 Å². The number of fused-ring (bicyclic) bond motifs is 1. The van der Waals surface area contributed by atoms with E-state index in [-0.39, 0.29) is 29.7 Å². The Hall–Kier alpha value is -3.65. The minimum absolute atomic E-state index is 0.0603. The molecular formula is C22H20ClN5O3. The summed E-state index contributed by atoms with van der Waals surface area (Å²) in [6, 6.07) is 12.5. The molecule has 9 heteroatoms. The fraction of sp³-hybridized carbons (Fsp3) is 0.182. The van der Waals surface area contributed by atoms with Gasteiger partial charge >= 0.3 is 0 Å². The molecule has 0 saturated carbocycles. The van der Waals surface area contributed by atoms with Crippen LogP contribution in [-0.2, 0) is 9.59 Å². The van der Waals surface area contributed by atoms with Crippen LogP contribution in [-0.4, -0.2) is 21.8 Å². The topological polar surface area (TPSA) is 116 Å². The molecule has 1 atom stereocenters. The SMILES string of the molecule is Cc1cc(C)cc(NC(=O)[C@H]2CC(=O)Nc3nc(Nc4cccc(Cl)c4)[nH]c(=O)c32)c1. The lowest BCUT2D eigenvalue weighted by Crippen LogP contribution is -2.36. The molecule has 4 N–H and O–H groups in total. The van der Waals surface area contributed by atoms with Crippen molar-refractivity contribution in [2.45, 2.75) is 26.2 Å². The summed E-state index contributed by atoms with van der Waals surface area (Å²) >= 11 is 5.98. The van der Waals surface area contributed by atoms with Crippen molar-refractivity contribution in [3.8, 4) is 0 Å². The summed E-state index contributed by atoms with van der Waals surface area (Å²) in [7, 11) is 0. The summed E-state index contributed by atoms with van der Waals surface area (Å²) in [6.07, 6.45) is -0.143. The molecule has 0 saturated heterocycles. The molecule has 4 rings (SSSR count). The van der Waals surface area contributed by atoms with Crippen LogP contribution in [0.2, 0.25) is 5.02 Å². The number of benzene rings is 2. The van der Waals surface area contributed by atoms with Crippen molar-refractivity contribution in [1.29, 1.82) is 0 Å². The minimum atomic E-state index is -0.957. The normalized spacial score (nSPS) is 15.1. The summed E-state index contributed by atoms with van der Waals surface area (Å²) in [5.41, 5.74) is 2.83. The summed E-state index contributed by atoms with van der Waals surface area (Å²) in [5.74, 6) is -1.60. The van der Waals surface area contributed by atoms with Crippen LogP contribution in [0.3, 0.4) is 0 Å². The summed E-state index contributed by atoms with van der Waals surface area (Å²) < 4.78 is 0. The summed E-state index contributed by atoms with van der Waals surface area (Å²) in [4.78, 5) is 45.0. The number of amides is 2. The number of hydrogen-bond acceptors (Lipinski definition) is 5. The Morgan fingerprint density at radius 2 is 1.84 bits per heavy atom. The molecule has 158 valence electrons. The minimum Gasteiger partial charge on any atom is -0.326 e. The lowest BCUT2D eigenvalue weighted by atomic mass is 9.92. The molecule has 0 spiro atoms. The maximum Gasteiger partial charge on any atom is 0.258 e. The van der Waals surface area contributed by atoms with Crippen molar-refractivity contribution < 1.29 is 9.59 Å². The molecule has 3 aromatic rings. The monoisotopic (exact) mass is 437 g/mol. The largest absolute Gasteiger partial charge is 0.326 e. The van der Waals surface area contributed by atoms with Gasteiger partial charge < -0.3 is 16.0 Å². The van der Waals surface area contributed by atoms with E-state index in [4.69, 9.17) is 11.6 Å². The Morgan fingerprint density at radius 3 is 2.55 bits per heavy atom. The molecule has 0 unspecified atom stereocenters. The number of rotatable bonds is 4. The van der Waals surface area contributed by atoms with Gasteiger partial charge in [0.05, 0.1) is 11.5 Å². The van der Waals surface area contributed by atoms with Crippen molar-refractivity contribution in [2.75, 3.05) is 16.0 Å². The first kappa shape index (κ1) is 20.6. The predicted octanol–water partition coefficient (Wildman–Crippen LogP) is 3.85. The molecule has 0 bridgehead atoms. The van der Waals surface area contributed by atoms with Gasteiger partial charge in [-0.25, -0.2) is 0 Å². The standard InChI is InChI=1S/C22H20ClN5O3/c1-11-6-12(2)8-15(7-11)24-20(30)16-10-17(29)26-19-18(16)21(31)28-22(27-19)25-14-5-3-4-13(23)9-14/h3-9,16H,10H2,1-2H3,(H,24,30)(H3,25,26,27,28,29,31)/t16-/m0/s1. The third-order valence-electron chi connectivity index (χ3n) is 4.84. The second-order valence-corrected chi connectivity index (χ2v) is 7.92. The van der Waals surface area contributed by atoms with Gasteiger partial charge in [-0.15, -0.1) is 0 Å². The Kier molecular flexibility index (Phi) is 5.48. The smallest absolute Gasteiger partial charge is 0.258 e. The highest BCUT2D eigenvalue weighted by Gasteiger charge is 2.34. The van der Waals surface area contributed by atoms with Crippen LogP contribution in [0.5, 0.6) is 0 Å². The van der Waals surface area contributed by atoms with E-state index in [1.165, 1.54) is 0 Å². The Bertz CT molecular complexity index is 1230. The molecular weight excluding hydrogens is 418 g/mol. The number of halogens is 1. The number of carbonyl (C=O) groups is 2. The molecule has 1 aromatic heterocycles. The molecule has 1 aliphatic heterocycles. The number of aromatic nitrogens is 2. The van der Waals surface area contributed by atoms with Gasteiger partial charge in [0.2, 0.25) is 17.8 Å². The van der Waals surface area contributed by atoms with Gasteiger partial charge in [0.25, 0.3) is 5.56 Å². The van der Waals surface area contributed by atoms with Crippen LogP contribution in [0.4, 0.5) is 23.1 Å². The van der Waals surface area contributed by atoms with Gasteiger partial charge in [0.15, 0.2) is 0 Å². The van der Waals surface area contributed by atoms with Crippen LogP contribution < -0.4 is 21.5 Å². The Balaban J connectivity index is 1.65. The highest BCUT2D eigenvalue weighted by Crippen LogP contribution is 2.30. The zero-order valence-electron chi connectivity index (χ0n) is 16.9. The van der Waals surface area contributed by atoms with Crippen molar-refractivity contribution in [3.63, 3.8) is 0 Å². The first-order valence-corrected chi connectivity index (χ1v) is 10.0. The Morgan fingerprint density at radius 1 is 1.10 bits per heavy atom. The maximum absolute atomic E-state index is 13.0. The zero-order valence-corrected chi connectivity index (χ0v) is 17.6. The second kappa shape index (κ2) is 8.23. The van der Waals surface area contributed by atoms with Crippen molar-refractivity contribution in [1.82, 2.24) is 9.97 Å². The highest BCUT2D eigenvalue weighted by molar-refractivity contribution is 6.30. The molecule has 2 amide bonds. The van der Waals surface area contributed by atoms with Gasteiger partial charge in [0, 0.05) is 22.8 Å². The van der Waals surface area contributed by atoms with Gasteiger partial charge in [-0.2, -0.15) is 4.98 Å². The number of aryl methyl sites for hydroxylation is 2. The second-order valence-electron chi connectivity index (χ2n) is 7.48. The van der Waals surface area contributed by atoms with E-state index in [9.17, 15) is 14.4 Å². The fourth-order valence-corrected chi connectivity index (χ4v) is 3.82. The van der Waals surface area contributed by atoms with Crippen LogP contribution in [0.1, 0.15) is 29.0 Å². The molecule has 0 radical (unpaired) electrons. The first-order chi connectivity index (χ1) is 14.8. The summed E-state index contributed by atoms with van der Waals surface area (Å²) in [6.45, 7) is 3.85. The van der Waals surface area contributed by atoms with Crippen LogP contribution in [0.25, 0.3) is 0 Å². The number of aromatic amines is 1. The molecule has 0 fully saturated rings. The number of anilines is 4. The van der Waals surface area contributed by atoms with Gasteiger partial charge in [0.1, 0.15) is 5.82 Å². The number of nitrogens with one attached hydrogen (secondary N) is 4. The number of hydrogen-bond donors (Lipinski definition) is 4. The number of nitrogens with zero attached hydrogens (tertiary/aromatic N) is 1. The molecule has 31 heavy (non-hydrogen) atoms. The average molecular weight is 438 g/mol. The quantitative estimate of drug-likeness (QED) is 0.494. The first-order valence-electron chi connectivity index (χ1n) is 9.64. The van der Waals surface area contributed by atoms with E-state index < -0.39 is 17.4 Å². The van der Waals surface area contributed by atoms with Crippen LogP contribution in [0.15, 0.2) is 47.3 Å². The summed E-state index contributed by atoms with van der Waals surface area (Å²) in [5, 5.41) is 8.86. The highest BCUT2D eigenvalue weighted by atomic mass is 35.5. The van der Waals surface area contributed by atoms with E-state index in [1.807, 2.05) is 32.0 Å². The van der Waals surface area contributed by atoms with Crippen molar-refractivity contribution >= 4 is 46.6 Å². The van der Waals surface area contributed by atoms with E-state index in [2.05, 4.69) is 25.9 Å². The average Bonchev–Trinajstić information content (AvgIpc) is 2.66. The van der Waals surface area contributed by atoms with Gasteiger partial charge in [-0.05, 0) is 55.3 Å². The van der Waals surface area contributed by atoms with E-state index >= 15 is 0 Å². The lowest BCUT2D eigenvalue weighted by molar-refractivity contribution is -0.123. The molecule has 0 aliphatic carbocycles. The molecule has 1 aliphatic rings. The molecule has 8 nitrogen and oxygen atoms in total. The number of H-pyrrole nitrogens is 1. The fourth-order valence-electron chi connectivity index (χ4n) is 3.63. The molecule has 2 aromatic carbocycles. The van der Waals surface area contributed by atoms with Crippen LogP contribution >= 0.6 is 11.6 Å². The Labute approximate surface area is 183 Å². The van der Waals surface area contributed by atoms with Gasteiger partial charge in [-0.3, -0.25) is 19.4 Å². The van der Waals surface area contributed by atoms with Crippen molar-refractivity contribution in [2.24, 2.45) is 0 Å². The lowest BCUT2D eigenvalue weighted by Gasteiger charge is -2.24. The van der Waals surface area contributed by atoms with E-state index in [0.29, 0.717) is 16.4 Å². The van der Waals surface area contributed by atoms with E-state index in [0.717, 1.165) is 11.1 Å².